The fourth-order valence-electron chi connectivity index (χ4n) is 2.53. The van der Waals surface area contributed by atoms with Crippen molar-refractivity contribution in [3.8, 4) is 5.75 Å². The SMILES string of the molecule is COC(=O)c1ccccc1NC(=O)CN(C)Cc1cc(Cl)ccc1OC. The number of nitrogens with one attached hydrogen (secondary N) is 1. The standard InChI is InChI=1S/C19H21ClN2O4/c1-22(11-13-10-14(20)8-9-17(13)25-2)12-18(23)21-16-7-5-4-6-15(16)19(24)26-3/h4-10H,11-12H2,1-3H3,(H,21,23). The van der Waals surface area contributed by atoms with E-state index in [-0.39, 0.29) is 12.5 Å². The van der Waals surface area contributed by atoms with E-state index in [1.165, 1.54) is 7.11 Å². The number of para-hydroxylation sites is 1. The fraction of sp³-hybridized carbons (Fsp3) is 0.263. The van der Waals surface area contributed by atoms with Gasteiger partial charge in [-0.1, -0.05) is 23.7 Å². The summed E-state index contributed by atoms with van der Waals surface area (Å²) >= 11 is 6.03. The van der Waals surface area contributed by atoms with E-state index in [4.69, 9.17) is 21.1 Å². The van der Waals surface area contributed by atoms with Gasteiger partial charge in [-0.3, -0.25) is 9.69 Å². The molecule has 2 aromatic rings. The lowest BCUT2D eigenvalue weighted by Crippen LogP contribution is -2.30. The normalized spacial score (nSPS) is 10.5. The maximum Gasteiger partial charge on any atom is 0.339 e. The zero-order valence-electron chi connectivity index (χ0n) is 14.9. The number of halogens is 1. The summed E-state index contributed by atoms with van der Waals surface area (Å²) in [6.07, 6.45) is 0. The molecule has 1 N–H and O–H groups in total. The Bertz CT molecular complexity index is 795. The van der Waals surface area contributed by atoms with Crippen molar-refractivity contribution in [1.29, 1.82) is 0 Å². The summed E-state index contributed by atoms with van der Waals surface area (Å²) in [4.78, 5) is 25.9. The molecule has 0 heterocycles. The molecular formula is C19H21ClN2O4. The van der Waals surface area contributed by atoms with Crippen molar-refractivity contribution in [2.24, 2.45) is 0 Å². The lowest BCUT2D eigenvalue weighted by molar-refractivity contribution is -0.117. The van der Waals surface area contributed by atoms with Crippen LogP contribution < -0.4 is 10.1 Å². The number of hydrogen-bond acceptors (Lipinski definition) is 5. The van der Waals surface area contributed by atoms with E-state index in [1.54, 1.807) is 49.6 Å². The molecule has 0 fully saturated rings. The van der Waals surface area contributed by atoms with Crippen LogP contribution in [0.2, 0.25) is 5.02 Å². The first-order valence-electron chi connectivity index (χ1n) is 7.92. The smallest absolute Gasteiger partial charge is 0.339 e. The van der Waals surface area contributed by atoms with E-state index in [0.29, 0.717) is 28.6 Å². The molecule has 7 heteroatoms. The number of rotatable bonds is 7. The summed E-state index contributed by atoms with van der Waals surface area (Å²) in [6.45, 7) is 0.612. The molecule has 26 heavy (non-hydrogen) atoms. The number of ether oxygens (including phenoxy) is 2. The van der Waals surface area contributed by atoms with Crippen molar-refractivity contribution in [2.75, 3.05) is 33.1 Å². The molecular weight excluding hydrogens is 356 g/mol. The average molecular weight is 377 g/mol. The van der Waals surface area contributed by atoms with E-state index >= 15 is 0 Å². The van der Waals surface area contributed by atoms with Crippen LogP contribution in [-0.4, -0.2) is 44.6 Å². The second kappa shape index (κ2) is 9.22. The van der Waals surface area contributed by atoms with Crippen LogP contribution in [0.4, 0.5) is 5.69 Å². The largest absolute Gasteiger partial charge is 0.496 e. The Labute approximate surface area is 157 Å². The second-order valence-corrected chi connectivity index (χ2v) is 6.15. The molecule has 0 aliphatic heterocycles. The predicted molar refractivity (Wildman–Crippen MR) is 101 cm³/mol. The minimum absolute atomic E-state index is 0.130. The number of benzene rings is 2. The van der Waals surface area contributed by atoms with Gasteiger partial charge in [0.2, 0.25) is 5.91 Å². The fourth-order valence-corrected chi connectivity index (χ4v) is 2.73. The first-order valence-corrected chi connectivity index (χ1v) is 8.30. The monoisotopic (exact) mass is 376 g/mol. The molecule has 0 aliphatic rings. The maximum absolute atomic E-state index is 12.3. The van der Waals surface area contributed by atoms with Gasteiger partial charge < -0.3 is 14.8 Å². The third kappa shape index (κ3) is 5.21. The van der Waals surface area contributed by atoms with Crippen molar-refractivity contribution in [3.05, 3.63) is 58.6 Å². The number of esters is 1. The summed E-state index contributed by atoms with van der Waals surface area (Å²) < 4.78 is 10.0. The van der Waals surface area contributed by atoms with Crippen LogP contribution in [0, 0.1) is 0 Å². The van der Waals surface area contributed by atoms with Gasteiger partial charge in [0.15, 0.2) is 0 Å². The highest BCUT2D eigenvalue weighted by Gasteiger charge is 2.15. The highest BCUT2D eigenvalue weighted by atomic mass is 35.5. The van der Waals surface area contributed by atoms with Gasteiger partial charge in [-0.15, -0.1) is 0 Å². The highest BCUT2D eigenvalue weighted by Crippen LogP contribution is 2.23. The van der Waals surface area contributed by atoms with Crippen LogP contribution in [0.5, 0.6) is 5.75 Å². The maximum atomic E-state index is 12.3. The van der Waals surface area contributed by atoms with Crippen LogP contribution in [0.15, 0.2) is 42.5 Å². The first-order chi connectivity index (χ1) is 12.4. The number of hydrogen-bond donors (Lipinski definition) is 1. The Morgan fingerprint density at radius 3 is 2.58 bits per heavy atom. The van der Waals surface area contributed by atoms with Gasteiger partial charge >= 0.3 is 5.97 Å². The predicted octanol–water partition coefficient (Wildman–Crippen LogP) is 3.21. The summed E-state index contributed by atoms with van der Waals surface area (Å²) in [7, 11) is 4.70. The highest BCUT2D eigenvalue weighted by molar-refractivity contribution is 6.30. The van der Waals surface area contributed by atoms with E-state index < -0.39 is 5.97 Å². The van der Waals surface area contributed by atoms with Crippen LogP contribution in [0.3, 0.4) is 0 Å². The molecule has 138 valence electrons. The molecule has 2 aromatic carbocycles. The number of methoxy groups -OCH3 is 2. The molecule has 0 saturated heterocycles. The van der Waals surface area contributed by atoms with Gasteiger partial charge in [0.05, 0.1) is 32.0 Å². The zero-order valence-corrected chi connectivity index (χ0v) is 15.7. The van der Waals surface area contributed by atoms with Crippen LogP contribution in [-0.2, 0) is 16.1 Å². The third-order valence-corrected chi connectivity index (χ3v) is 3.94. The van der Waals surface area contributed by atoms with Crippen molar-refractivity contribution < 1.29 is 19.1 Å². The molecule has 0 aliphatic carbocycles. The van der Waals surface area contributed by atoms with Gasteiger partial charge in [0.25, 0.3) is 0 Å². The molecule has 0 atom stereocenters. The minimum atomic E-state index is -0.502. The van der Waals surface area contributed by atoms with Gasteiger partial charge in [-0.25, -0.2) is 4.79 Å². The van der Waals surface area contributed by atoms with Gasteiger partial charge in [-0.2, -0.15) is 0 Å². The van der Waals surface area contributed by atoms with Crippen LogP contribution >= 0.6 is 11.6 Å². The summed E-state index contributed by atoms with van der Waals surface area (Å²) in [6, 6.07) is 12.0. The Kier molecular flexibility index (Phi) is 7.00. The molecule has 0 bridgehead atoms. The number of anilines is 1. The zero-order chi connectivity index (χ0) is 19.1. The van der Waals surface area contributed by atoms with Gasteiger partial charge in [0.1, 0.15) is 5.75 Å². The topological polar surface area (TPSA) is 67.9 Å². The molecule has 0 aromatic heterocycles. The number of carbonyl (C=O) groups excluding carboxylic acids is 2. The Morgan fingerprint density at radius 1 is 1.15 bits per heavy atom. The van der Waals surface area contributed by atoms with Crippen molar-refractivity contribution in [1.82, 2.24) is 4.90 Å². The Hall–Kier alpha value is -2.57. The van der Waals surface area contributed by atoms with Crippen molar-refractivity contribution >= 4 is 29.2 Å². The van der Waals surface area contributed by atoms with Gasteiger partial charge in [0, 0.05) is 17.1 Å². The van der Waals surface area contributed by atoms with E-state index in [2.05, 4.69) is 5.32 Å². The average Bonchev–Trinajstić information content (AvgIpc) is 2.61. The van der Waals surface area contributed by atoms with E-state index in [0.717, 1.165) is 5.56 Å². The molecule has 0 spiro atoms. The first kappa shape index (κ1) is 19.8. The molecule has 2 rings (SSSR count). The molecule has 1 amide bonds. The lowest BCUT2D eigenvalue weighted by Gasteiger charge is -2.18. The van der Waals surface area contributed by atoms with Crippen LogP contribution in [0.1, 0.15) is 15.9 Å². The third-order valence-electron chi connectivity index (χ3n) is 3.70. The van der Waals surface area contributed by atoms with Crippen LogP contribution in [0.25, 0.3) is 0 Å². The number of nitrogens with zero attached hydrogens (tertiary/aromatic N) is 1. The number of carbonyl (C=O) groups is 2. The summed E-state index contributed by atoms with van der Waals surface area (Å²) in [5.74, 6) is -0.0412. The lowest BCUT2D eigenvalue weighted by atomic mass is 10.1. The summed E-state index contributed by atoms with van der Waals surface area (Å²) in [5, 5.41) is 3.35. The van der Waals surface area contributed by atoms with Crippen molar-refractivity contribution in [3.63, 3.8) is 0 Å². The molecule has 0 saturated carbocycles. The van der Waals surface area contributed by atoms with E-state index in [9.17, 15) is 9.59 Å². The quantitative estimate of drug-likeness (QED) is 0.751. The Balaban J connectivity index is 2.02. The number of likely N-dealkylation sites (N-methyl/N-ethyl adjacent to an activating group) is 1. The molecule has 0 radical (unpaired) electrons. The minimum Gasteiger partial charge on any atom is -0.496 e. The molecule has 0 unspecified atom stereocenters. The summed E-state index contributed by atoms with van der Waals surface area (Å²) in [5.41, 5.74) is 1.60. The van der Waals surface area contributed by atoms with Crippen molar-refractivity contribution in [2.45, 2.75) is 6.54 Å². The Morgan fingerprint density at radius 2 is 1.88 bits per heavy atom. The van der Waals surface area contributed by atoms with Gasteiger partial charge in [-0.05, 0) is 37.4 Å². The van der Waals surface area contributed by atoms with E-state index in [1.807, 2.05) is 11.9 Å². The second-order valence-electron chi connectivity index (χ2n) is 5.71. The molecule has 6 nitrogen and oxygen atoms in total. The number of amides is 1.